The lowest BCUT2D eigenvalue weighted by atomic mass is 10.1. The Morgan fingerprint density at radius 2 is 1.45 bits per heavy atom. The van der Waals surface area contributed by atoms with Gasteiger partial charge in [0.15, 0.2) is 5.78 Å². The van der Waals surface area contributed by atoms with Gasteiger partial charge in [-0.15, -0.1) is 0 Å². The molecule has 0 aliphatic carbocycles. The van der Waals surface area contributed by atoms with E-state index in [2.05, 4.69) is 5.32 Å². The van der Waals surface area contributed by atoms with E-state index >= 15 is 0 Å². The average Bonchev–Trinajstić information content (AvgIpc) is 2.48. The third-order valence-corrected chi connectivity index (χ3v) is 2.96. The highest BCUT2D eigenvalue weighted by atomic mass is 16.4. The van der Waals surface area contributed by atoms with Crippen molar-refractivity contribution in [2.24, 2.45) is 0 Å². The number of anilines is 2. The van der Waals surface area contributed by atoms with Crippen LogP contribution in [0.5, 0.6) is 0 Å². The van der Waals surface area contributed by atoms with E-state index in [4.69, 9.17) is 5.73 Å². The van der Waals surface area contributed by atoms with E-state index < -0.39 is 11.9 Å². The van der Waals surface area contributed by atoms with Gasteiger partial charge in [0, 0.05) is 16.9 Å². The van der Waals surface area contributed by atoms with E-state index in [9.17, 15) is 19.5 Å². The topological polar surface area (TPSA) is 112 Å². The molecule has 6 nitrogen and oxygen atoms in total. The average molecular weight is 297 g/mol. The Hall–Kier alpha value is -3.15. The summed E-state index contributed by atoms with van der Waals surface area (Å²) in [5, 5.41) is 13.1. The van der Waals surface area contributed by atoms with Crippen LogP contribution >= 0.6 is 0 Å². The molecule has 1 amide bonds. The lowest BCUT2D eigenvalue weighted by molar-refractivity contribution is -0.255. The third-order valence-electron chi connectivity index (χ3n) is 2.96. The van der Waals surface area contributed by atoms with Crippen molar-refractivity contribution in [3.05, 3.63) is 59.7 Å². The number of nitrogens with one attached hydrogen (secondary N) is 1. The normalized spacial score (nSPS) is 10.0. The van der Waals surface area contributed by atoms with Crippen LogP contribution in [-0.2, 0) is 4.79 Å². The summed E-state index contributed by atoms with van der Waals surface area (Å²) in [5.74, 6) is -2.11. The van der Waals surface area contributed by atoms with Gasteiger partial charge in [0.2, 0.25) is 5.91 Å². The number of nitrogen functional groups attached to an aromatic ring is 1. The quantitative estimate of drug-likeness (QED) is 0.482. The van der Waals surface area contributed by atoms with Crippen LogP contribution in [0.3, 0.4) is 0 Å². The number of hydrogen-bond donors (Lipinski definition) is 2. The Balaban J connectivity index is 1.96. The SMILES string of the molecule is Nc1ccc(C(=O)CC(=O)Nc2ccc(C(=O)[O-])cc2)cc1. The van der Waals surface area contributed by atoms with Crippen LogP contribution in [0.4, 0.5) is 11.4 Å². The van der Waals surface area contributed by atoms with Crippen LogP contribution in [0, 0.1) is 0 Å². The summed E-state index contributed by atoms with van der Waals surface area (Å²) in [6.07, 6.45) is -0.313. The van der Waals surface area contributed by atoms with E-state index in [1.165, 1.54) is 24.3 Å². The number of carboxylic acids is 1. The predicted molar refractivity (Wildman–Crippen MR) is 79.2 cm³/mol. The van der Waals surface area contributed by atoms with Crippen molar-refractivity contribution in [2.45, 2.75) is 6.42 Å². The number of amides is 1. The highest BCUT2D eigenvalue weighted by molar-refractivity contribution is 6.11. The molecule has 0 spiro atoms. The van der Waals surface area contributed by atoms with Gasteiger partial charge in [-0.25, -0.2) is 0 Å². The molecule has 0 saturated carbocycles. The largest absolute Gasteiger partial charge is 0.545 e. The van der Waals surface area contributed by atoms with Crippen LogP contribution in [-0.4, -0.2) is 17.7 Å². The Morgan fingerprint density at radius 3 is 2.00 bits per heavy atom. The Kier molecular flexibility index (Phi) is 4.53. The fourth-order valence-corrected chi connectivity index (χ4v) is 1.81. The number of aromatic carboxylic acids is 1. The molecule has 2 rings (SSSR count). The molecule has 112 valence electrons. The highest BCUT2D eigenvalue weighted by Gasteiger charge is 2.12. The molecule has 0 fully saturated rings. The molecule has 0 aliphatic heterocycles. The monoisotopic (exact) mass is 297 g/mol. The third kappa shape index (κ3) is 3.92. The maximum absolute atomic E-state index is 11.9. The predicted octanol–water partition coefficient (Wildman–Crippen LogP) is 0.844. The molecule has 0 atom stereocenters. The minimum absolute atomic E-state index is 0.0101. The van der Waals surface area contributed by atoms with E-state index in [0.717, 1.165) is 0 Å². The van der Waals surface area contributed by atoms with Crippen LogP contribution in [0.2, 0.25) is 0 Å². The molecule has 2 aromatic carbocycles. The molecule has 0 radical (unpaired) electrons. The number of benzene rings is 2. The van der Waals surface area contributed by atoms with Gasteiger partial charge in [-0.05, 0) is 42.0 Å². The molecule has 22 heavy (non-hydrogen) atoms. The number of ketones is 1. The summed E-state index contributed by atoms with van der Waals surface area (Å²) in [5.41, 5.74) is 6.88. The minimum atomic E-state index is -1.29. The number of rotatable bonds is 5. The van der Waals surface area contributed by atoms with Crippen LogP contribution in [0.1, 0.15) is 27.1 Å². The first-order valence-corrected chi connectivity index (χ1v) is 6.46. The number of Topliss-reactive ketones (excluding diaryl/α,β-unsaturated/α-hetero) is 1. The molecular weight excluding hydrogens is 284 g/mol. The second-order valence-corrected chi connectivity index (χ2v) is 4.63. The van der Waals surface area contributed by atoms with Gasteiger partial charge >= 0.3 is 0 Å². The van der Waals surface area contributed by atoms with Crippen molar-refractivity contribution in [1.82, 2.24) is 0 Å². The molecule has 3 N–H and O–H groups in total. The Morgan fingerprint density at radius 1 is 0.909 bits per heavy atom. The summed E-state index contributed by atoms with van der Waals surface area (Å²) < 4.78 is 0. The van der Waals surface area contributed by atoms with E-state index in [1.807, 2.05) is 0 Å². The molecule has 0 bridgehead atoms. The second kappa shape index (κ2) is 6.53. The summed E-state index contributed by atoms with van der Waals surface area (Å²) >= 11 is 0. The molecule has 0 heterocycles. The Bertz CT molecular complexity index is 706. The maximum atomic E-state index is 11.9. The van der Waals surface area contributed by atoms with Crippen molar-refractivity contribution in [3.63, 3.8) is 0 Å². The first kappa shape index (κ1) is 15.2. The standard InChI is InChI=1S/C16H14N2O4/c17-12-5-1-10(2-6-12)14(19)9-15(20)18-13-7-3-11(4-8-13)16(21)22/h1-8H,9,17H2,(H,18,20)(H,21,22)/p-1. The van der Waals surface area contributed by atoms with Gasteiger partial charge in [0.05, 0.1) is 12.4 Å². The van der Waals surface area contributed by atoms with Gasteiger partial charge in [0.1, 0.15) is 0 Å². The summed E-state index contributed by atoms with van der Waals surface area (Å²) in [7, 11) is 0. The van der Waals surface area contributed by atoms with E-state index in [1.54, 1.807) is 24.3 Å². The van der Waals surface area contributed by atoms with Crippen LogP contribution in [0.25, 0.3) is 0 Å². The van der Waals surface area contributed by atoms with E-state index in [-0.39, 0.29) is 17.8 Å². The van der Waals surface area contributed by atoms with Crippen molar-refractivity contribution >= 4 is 29.0 Å². The van der Waals surface area contributed by atoms with Crippen molar-refractivity contribution < 1.29 is 19.5 Å². The van der Waals surface area contributed by atoms with Crippen molar-refractivity contribution in [1.29, 1.82) is 0 Å². The van der Waals surface area contributed by atoms with Crippen LogP contribution in [0.15, 0.2) is 48.5 Å². The Labute approximate surface area is 126 Å². The number of hydrogen-bond acceptors (Lipinski definition) is 5. The van der Waals surface area contributed by atoms with Gasteiger partial charge in [-0.1, -0.05) is 12.1 Å². The first-order chi connectivity index (χ1) is 10.5. The highest BCUT2D eigenvalue weighted by Crippen LogP contribution is 2.11. The minimum Gasteiger partial charge on any atom is -0.545 e. The number of nitrogens with two attached hydrogens (primary N) is 1. The zero-order valence-corrected chi connectivity index (χ0v) is 11.5. The lowest BCUT2D eigenvalue weighted by Gasteiger charge is -2.07. The fourth-order valence-electron chi connectivity index (χ4n) is 1.81. The van der Waals surface area contributed by atoms with Gasteiger partial charge < -0.3 is 21.0 Å². The van der Waals surface area contributed by atoms with Crippen molar-refractivity contribution in [3.8, 4) is 0 Å². The summed E-state index contributed by atoms with van der Waals surface area (Å²) in [6, 6.07) is 11.8. The zero-order chi connectivity index (χ0) is 16.1. The summed E-state index contributed by atoms with van der Waals surface area (Å²) in [6.45, 7) is 0. The molecule has 0 aliphatic rings. The molecular formula is C16H13N2O4-. The summed E-state index contributed by atoms with van der Waals surface area (Å²) in [4.78, 5) is 34.3. The number of carbonyl (C=O) groups excluding carboxylic acids is 3. The molecule has 0 saturated heterocycles. The van der Waals surface area contributed by atoms with Crippen LogP contribution < -0.4 is 16.2 Å². The fraction of sp³-hybridized carbons (Fsp3) is 0.0625. The zero-order valence-electron chi connectivity index (χ0n) is 11.5. The maximum Gasteiger partial charge on any atom is 0.232 e. The first-order valence-electron chi connectivity index (χ1n) is 6.46. The lowest BCUT2D eigenvalue weighted by Crippen LogP contribution is -2.22. The van der Waals surface area contributed by atoms with Gasteiger partial charge in [0.25, 0.3) is 0 Å². The second-order valence-electron chi connectivity index (χ2n) is 4.63. The molecule has 0 unspecified atom stereocenters. The smallest absolute Gasteiger partial charge is 0.232 e. The number of carboxylic acid groups (broad SMARTS) is 1. The van der Waals surface area contributed by atoms with E-state index in [0.29, 0.717) is 16.9 Å². The molecule has 6 heteroatoms. The van der Waals surface area contributed by atoms with Gasteiger partial charge in [-0.2, -0.15) is 0 Å². The number of carbonyl (C=O) groups is 3. The molecule has 0 aromatic heterocycles. The molecule has 2 aromatic rings. The van der Waals surface area contributed by atoms with Gasteiger partial charge in [-0.3, -0.25) is 9.59 Å². The van der Waals surface area contributed by atoms with Crippen molar-refractivity contribution in [2.75, 3.05) is 11.1 Å².